The fourth-order valence-corrected chi connectivity index (χ4v) is 3.81. The van der Waals surface area contributed by atoms with Crippen LogP contribution in [0.5, 0.6) is 0 Å². The molecule has 0 radical (unpaired) electrons. The number of piperazine rings is 2. The van der Waals surface area contributed by atoms with Crippen LogP contribution in [0.25, 0.3) is 0 Å². The highest BCUT2D eigenvalue weighted by atomic mass is 19.1. The van der Waals surface area contributed by atoms with Gasteiger partial charge in [-0.2, -0.15) is 0 Å². The van der Waals surface area contributed by atoms with Crippen LogP contribution in [-0.4, -0.2) is 92.1 Å². The van der Waals surface area contributed by atoms with Gasteiger partial charge in [-0.1, -0.05) is 6.92 Å². The second kappa shape index (κ2) is 9.37. The van der Waals surface area contributed by atoms with Crippen LogP contribution in [-0.2, 0) is 0 Å². The van der Waals surface area contributed by atoms with Gasteiger partial charge in [0.05, 0.1) is 6.54 Å². The minimum Gasteiger partial charge on any atom is -0.370 e. The number of anilines is 1. The number of guanidine groups is 1. The zero-order valence-electron chi connectivity index (χ0n) is 16.6. The first kappa shape index (κ1) is 19.9. The molecule has 2 N–H and O–H groups in total. The van der Waals surface area contributed by atoms with Crippen LogP contribution in [0, 0.1) is 5.82 Å². The van der Waals surface area contributed by atoms with Gasteiger partial charge in [0.2, 0.25) is 0 Å². The summed E-state index contributed by atoms with van der Waals surface area (Å²) in [7, 11) is 0. The fraction of sp³-hybridized carbons (Fsp3) is 0.650. The highest BCUT2D eigenvalue weighted by molar-refractivity contribution is 5.78. The molecule has 2 aliphatic rings. The lowest BCUT2D eigenvalue weighted by molar-refractivity contribution is 0.109. The van der Waals surface area contributed by atoms with E-state index in [1.807, 2.05) is 12.1 Å². The van der Waals surface area contributed by atoms with E-state index in [0.29, 0.717) is 12.0 Å². The molecule has 1 aromatic carbocycles. The van der Waals surface area contributed by atoms with Gasteiger partial charge in [-0.25, -0.2) is 4.39 Å². The molecule has 27 heavy (non-hydrogen) atoms. The molecule has 2 heterocycles. The molecule has 0 spiro atoms. The molecule has 7 heteroatoms. The third-order valence-electron chi connectivity index (χ3n) is 5.79. The number of rotatable bonds is 5. The summed E-state index contributed by atoms with van der Waals surface area (Å²) < 4.78 is 13.1. The van der Waals surface area contributed by atoms with E-state index in [2.05, 4.69) is 38.4 Å². The molecule has 1 unspecified atom stereocenters. The zero-order chi connectivity index (χ0) is 19.2. The quantitative estimate of drug-likeness (QED) is 0.620. The molecule has 2 fully saturated rings. The SMILES string of the molecule is CCN1CCN(C(C)CN=C(N)N2CCN(c3ccc(F)cc3)CC2)CC1. The number of hydrogen-bond acceptors (Lipinski definition) is 4. The van der Waals surface area contributed by atoms with Crippen LogP contribution in [0.15, 0.2) is 29.3 Å². The number of nitrogens with two attached hydrogens (primary N) is 1. The molecule has 0 amide bonds. The third-order valence-corrected chi connectivity index (χ3v) is 5.79. The Bertz CT molecular complexity index is 603. The van der Waals surface area contributed by atoms with E-state index >= 15 is 0 Å². The van der Waals surface area contributed by atoms with E-state index < -0.39 is 0 Å². The molecule has 150 valence electrons. The minimum atomic E-state index is -0.195. The average molecular weight is 377 g/mol. The molecule has 1 aromatic rings. The van der Waals surface area contributed by atoms with Crippen LogP contribution in [0.2, 0.25) is 0 Å². The molecular formula is C20H33FN6. The summed E-state index contributed by atoms with van der Waals surface area (Å²) in [6.07, 6.45) is 0. The van der Waals surface area contributed by atoms with Crippen molar-refractivity contribution in [3.63, 3.8) is 0 Å². The molecule has 3 rings (SSSR count). The zero-order valence-corrected chi connectivity index (χ0v) is 16.6. The topological polar surface area (TPSA) is 51.3 Å². The predicted molar refractivity (Wildman–Crippen MR) is 110 cm³/mol. The van der Waals surface area contributed by atoms with E-state index in [9.17, 15) is 4.39 Å². The van der Waals surface area contributed by atoms with E-state index in [-0.39, 0.29) is 5.82 Å². The van der Waals surface area contributed by atoms with E-state index in [0.717, 1.165) is 71.1 Å². The van der Waals surface area contributed by atoms with Crippen molar-refractivity contribution in [3.8, 4) is 0 Å². The van der Waals surface area contributed by atoms with Gasteiger partial charge in [-0.3, -0.25) is 9.89 Å². The summed E-state index contributed by atoms with van der Waals surface area (Å²) in [5, 5.41) is 0. The number of aliphatic imine (C=N–C) groups is 1. The van der Waals surface area contributed by atoms with Crippen molar-refractivity contribution >= 4 is 11.6 Å². The average Bonchev–Trinajstić information content (AvgIpc) is 2.72. The van der Waals surface area contributed by atoms with E-state index in [4.69, 9.17) is 5.73 Å². The van der Waals surface area contributed by atoms with Gasteiger partial charge in [0.25, 0.3) is 0 Å². The van der Waals surface area contributed by atoms with Crippen molar-refractivity contribution in [2.45, 2.75) is 19.9 Å². The molecule has 1 atom stereocenters. The summed E-state index contributed by atoms with van der Waals surface area (Å²) in [5.41, 5.74) is 7.32. The van der Waals surface area contributed by atoms with Crippen molar-refractivity contribution in [2.75, 3.05) is 70.3 Å². The number of hydrogen-bond donors (Lipinski definition) is 1. The first-order chi connectivity index (χ1) is 13.1. The van der Waals surface area contributed by atoms with Crippen molar-refractivity contribution in [2.24, 2.45) is 10.7 Å². The Morgan fingerprint density at radius 3 is 2.26 bits per heavy atom. The van der Waals surface area contributed by atoms with Crippen LogP contribution in [0.3, 0.4) is 0 Å². The molecule has 0 bridgehead atoms. The Kier molecular flexibility index (Phi) is 6.90. The predicted octanol–water partition coefficient (Wildman–Crippen LogP) is 1.29. The van der Waals surface area contributed by atoms with Crippen molar-refractivity contribution in [1.82, 2.24) is 14.7 Å². The van der Waals surface area contributed by atoms with Crippen molar-refractivity contribution in [3.05, 3.63) is 30.1 Å². The van der Waals surface area contributed by atoms with Gasteiger partial charge in [-0.05, 0) is 37.7 Å². The molecule has 2 aliphatic heterocycles. The largest absolute Gasteiger partial charge is 0.370 e. The maximum Gasteiger partial charge on any atom is 0.191 e. The third kappa shape index (κ3) is 5.32. The Balaban J connectivity index is 1.44. The van der Waals surface area contributed by atoms with Crippen molar-refractivity contribution < 1.29 is 4.39 Å². The smallest absolute Gasteiger partial charge is 0.191 e. The first-order valence-electron chi connectivity index (χ1n) is 10.1. The molecular weight excluding hydrogens is 343 g/mol. The fourth-order valence-electron chi connectivity index (χ4n) is 3.81. The first-order valence-corrected chi connectivity index (χ1v) is 10.1. The van der Waals surface area contributed by atoms with E-state index in [1.54, 1.807) is 0 Å². The van der Waals surface area contributed by atoms with Crippen molar-refractivity contribution in [1.29, 1.82) is 0 Å². The Labute approximate surface area is 162 Å². The molecule has 0 aromatic heterocycles. The minimum absolute atomic E-state index is 0.195. The van der Waals surface area contributed by atoms with E-state index in [1.165, 1.54) is 12.1 Å². The van der Waals surface area contributed by atoms with Gasteiger partial charge >= 0.3 is 0 Å². The summed E-state index contributed by atoms with van der Waals surface area (Å²) in [6, 6.07) is 7.12. The molecule has 0 saturated carbocycles. The van der Waals surface area contributed by atoms with Crippen LogP contribution in [0.4, 0.5) is 10.1 Å². The number of benzene rings is 1. The lowest BCUT2D eigenvalue weighted by atomic mass is 10.2. The Morgan fingerprint density at radius 2 is 1.67 bits per heavy atom. The van der Waals surface area contributed by atoms with Crippen LogP contribution < -0.4 is 10.6 Å². The lowest BCUT2D eigenvalue weighted by Crippen LogP contribution is -2.52. The number of nitrogens with zero attached hydrogens (tertiary/aromatic N) is 5. The summed E-state index contributed by atoms with van der Waals surface area (Å²) >= 11 is 0. The summed E-state index contributed by atoms with van der Waals surface area (Å²) in [5.74, 6) is 0.451. The molecule has 0 aliphatic carbocycles. The monoisotopic (exact) mass is 376 g/mol. The second-order valence-corrected chi connectivity index (χ2v) is 7.47. The highest BCUT2D eigenvalue weighted by Crippen LogP contribution is 2.17. The Hall–Kier alpha value is -1.86. The molecule has 6 nitrogen and oxygen atoms in total. The second-order valence-electron chi connectivity index (χ2n) is 7.47. The summed E-state index contributed by atoms with van der Waals surface area (Å²) in [6.45, 7) is 14.3. The van der Waals surface area contributed by atoms with Gasteiger partial charge in [0.1, 0.15) is 5.82 Å². The van der Waals surface area contributed by atoms with Gasteiger partial charge in [-0.15, -0.1) is 0 Å². The normalized spacial score (nSPS) is 21.5. The standard InChI is InChI=1S/C20H33FN6/c1-3-24-8-10-25(11-9-24)17(2)16-23-20(22)27-14-12-26(13-15-27)19-6-4-18(21)5-7-19/h4-7,17H,3,8-16H2,1-2H3,(H2,22,23). The van der Waals surface area contributed by atoms with Gasteiger partial charge in [0.15, 0.2) is 5.96 Å². The van der Waals surface area contributed by atoms with Gasteiger partial charge in [0, 0.05) is 64.1 Å². The lowest BCUT2D eigenvalue weighted by Gasteiger charge is -2.38. The van der Waals surface area contributed by atoms with Gasteiger partial charge < -0.3 is 20.4 Å². The maximum atomic E-state index is 13.1. The molecule has 2 saturated heterocycles. The number of halogens is 1. The summed E-state index contributed by atoms with van der Waals surface area (Å²) in [4.78, 5) is 14.1. The highest BCUT2D eigenvalue weighted by Gasteiger charge is 2.21. The number of likely N-dealkylation sites (N-methyl/N-ethyl adjacent to an activating group) is 1. The van der Waals surface area contributed by atoms with Crippen LogP contribution >= 0.6 is 0 Å². The van der Waals surface area contributed by atoms with Crippen LogP contribution in [0.1, 0.15) is 13.8 Å². The maximum absolute atomic E-state index is 13.1. The Morgan fingerprint density at radius 1 is 1.04 bits per heavy atom.